The quantitative estimate of drug-likeness (QED) is 0.172. The Balaban J connectivity index is 4.41. The topological polar surface area (TPSA) is 43.4 Å². The third kappa shape index (κ3) is 6.05. The van der Waals surface area contributed by atoms with Crippen molar-refractivity contribution in [3.8, 4) is 0 Å². The number of ether oxygens (including phenoxy) is 1. The first-order chi connectivity index (χ1) is 7.67. The largest absolute Gasteiger partial charge is 0.462 e. The molecule has 0 rings (SSSR count). The zero-order chi connectivity index (χ0) is 12.4. The molecule has 0 aliphatic heterocycles. The van der Waals surface area contributed by atoms with Crippen molar-refractivity contribution in [2.45, 2.75) is 39.5 Å². The van der Waals surface area contributed by atoms with Crippen molar-refractivity contribution in [2.75, 3.05) is 11.9 Å². The average Bonchev–Trinajstić information content (AvgIpc) is 2.28. The minimum atomic E-state index is -0.511. The first-order valence-electron chi connectivity index (χ1n) is 5.63. The second-order valence-electron chi connectivity index (χ2n) is 3.39. The Hall–Kier alpha value is -0.640. The van der Waals surface area contributed by atoms with Crippen molar-refractivity contribution in [1.82, 2.24) is 0 Å². The normalized spacial score (nSPS) is 11.3. The summed E-state index contributed by atoms with van der Waals surface area (Å²) in [5.74, 6) is -0.724. The van der Waals surface area contributed by atoms with E-state index in [1.165, 1.54) is 0 Å². The van der Waals surface area contributed by atoms with E-state index in [0.29, 0.717) is 6.61 Å². The highest BCUT2D eigenvalue weighted by Crippen LogP contribution is 2.08. The number of alkyl halides is 1. The predicted octanol–water partition coefficient (Wildman–Crippen LogP) is 3.02. The van der Waals surface area contributed by atoms with E-state index in [-0.39, 0.29) is 16.7 Å². The molecule has 16 heavy (non-hydrogen) atoms. The standard InChI is InChI=1S/C12H19BrO3/c1-3-5-6-7-8-10(11(14)9-13)12(15)16-4-2/h8H,3-7,9H2,1-2H3/b10-8+. The summed E-state index contributed by atoms with van der Waals surface area (Å²) in [6.45, 7) is 4.13. The fraction of sp³-hybridized carbons (Fsp3) is 0.667. The molecular formula is C12H19BrO3. The number of halogens is 1. The maximum absolute atomic E-state index is 11.5. The van der Waals surface area contributed by atoms with E-state index >= 15 is 0 Å². The van der Waals surface area contributed by atoms with Crippen LogP contribution in [0, 0.1) is 0 Å². The highest BCUT2D eigenvalue weighted by molar-refractivity contribution is 9.09. The molecule has 0 aromatic carbocycles. The number of carbonyl (C=O) groups is 2. The number of hydrogen-bond donors (Lipinski definition) is 0. The third-order valence-electron chi connectivity index (χ3n) is 2.07. The molecule has 0 aromatic rings. The molecule has 0 bridgehead atoms. The van der Waals surface area contributed by atoms with Crippen molar-refractivity contribution in [2.24, 2.45) is 0 Å². The van der Waals surface area contributed by atoms with Crippen LogP contribution in [-0.4, -0.2) is 23.7 Å². The molecule has 0 heterocycles. The Morgan fingerprint density at radius 1 is 1.25 bits per heavy atom. The fourth-order valence-corrected chi connectivity index (χ4v) is 1.53. The molecule has 0 saturated heterocycles. The van der Waals surface area contributed by atoms with Gasteiger partial charge >= 0.3 is 5.97 Å². The Bertz CT molecular complexity index is 259. The van der Waals surface area contributed by atoms with Crippen LogP contribution in [0.25, 0.3) is 0 Å². The van der Waals surface area contributed by atoms with Crippen LogP contribution in [0.2, 0.25) is 0 Å². The SMILES string of the molecule is CCCCC/C=C(\C(=O)CBr)C(=O)OCC. The Kier molecular flexibility index (Phi) is 9.19. The van der Waals surface area contributed by atoms with E-state index in [1.54, 1.807) is 13.0 Å². The van der Waals surface area contributed by atoms with Crippen molar-refractivity contribution in [3.63, 3.8) is 0 Å². The van der Waals surface area contributed by atoms with E-state index < -0.39 is 5.97 Å². The summed E-state index contributed by atoms with van der Waals surface area (Å²) in [7, 11) is 0. The Labute approximate surface area is 105 Å². The molecule has 0 atom stereocenters. The highest BCUT2D eigenvalue weighted by Gasteiger charge is 2.17. The number of ketones is 1. The van der Waals surface area contributed by atoms with Crippen molar-refractivity contribution < 1.29 is 14.3 Å². The Morgan fingerprint density at radius 2 is 1.94 bits per heavy atom. The molecular weight excluding hydrogens is 272 g/mol. The number of Topliss-reactive ketones (excluding diaryl/α,β-unsaturated/α-hetero) is 1. The molecule has 0 N–H and O–H groups in total. The lowest BCUT2D eigenvalue weighted by atomic mass is 10.1. The van der Waals surface area contributed by atoms with Gasteiger partial charge in [-0.25, -0.2) is 4.79 Å². The van der Waals surface area contributed by atoms with Gasteiger partial charge in [0.15, 0.2) is 5.78 Å². The van der Waals surface area contributed by atoms with Gasteiger partial charge in [0.05, 0.1) is 17.5 Å². The van der Waals surface area contributed by atoms with E-state index in [2.05, 4.69) is 22.9 Å². The van der Waals surface area contributed by atoms with Crippen LogP contribution in [0.3, 0.4) is 0 Å². The van der Waals surface area contributed by atoms with E-state index in [4.69, 9.17) is 4.74 Å². The summed E-state index contributed by atoms with van der Waals surface area (Å²) in [4.78, 5) is 23.0. The minimum absolute atomic E-state index is 0.158. The lowest BCUT2D eigenvalue weighted by Crippen LogP contribution is -2.16. The molecule has 3 nitrogen and oxygen atoms in total. The second kappa shape index (κ2) is 9.58. The van der Waals surface area contributed by atoms with Gasteiger partial charge in [0.1, 0.15) is 0 Å². The number of esters is 1. The fourth-order valence-electron chi connectivity index (χ4n) is 1.23. The van der Waals surface area contributed by atoms with Crippen LogP contribution < -0.4 is 0 Å². The molecule has 92 valence electrons. The van der Waals surface area contributed by atoms with Gasteiger partial charge in [0.2, 0.25) is 0 Å². The van der Waals surface area contributed by atoms with Gasteiger partial charge in [0, 0.05) is 0 Å². The highest BCUT2D eigenvalue weighted by atomic mass is 79.9. The van der Waals surface area contributed by atoms with Gasteiger partial charge in [-0.1, -0.05) is 41.8 Å². The van der Waals surface area contributed by atoms with E-state index in [0.717, 1.165) is 25.7 Å². The van der Waals surface area contributed by atoms with Crippen molar-refractivity contribution >= 4 is 27.7 Å². The number of unbranched alkanes of at least 4 members (excludes halogenated alkanes) is 3. The smallest absolute Gasteiger partial charge is 0.341 e. The Morgan fingerprint density at radius 3 is 2.44 bits per heavy atom. The third-order valence-corrected chi connectivity index (χ3v) is 2.58. The van der Waals surface area contributed by atoms with Crippen LogP contribution in [0.1, 0.15) is 39.5 Å². The van der Waals surface area contributed by atoms with Gasteiger partial charge in [-0.05, 0) is 19.8 Å². The summed E-state index contributed by atoms with van der Waals surface area (Å²) in [6.07, 6.45) is 5.66. The van der Waals surface area contributed by atoms with Crippen molar-refractivity contribution in [1.29, 1.82) is 0 Å². The van der Waals surface area contributed by atoms with Crippen LogP contribution >= 0.6 is 15.9 Å². The lowest BCUT2D eigenvalue weighted by molar-refractivity contribution is -0.139. The van der Waals surface area contributed by atoms with Crippen LogP contribution in [-0.2, 0) is 14.3 Å². The molecule has 0 spiro atoms. The summed E-state index contributed by atoms with van der Waals surface area (Å²) in [5, 5.41) is 0.158. The molecule has 0 amide bonds. The molecule has 0 radical (unpaired) electrons. The first kappa shape index (κ1) is 15.4. The maximum Gasteiger partial charge on any atom is 0.341 e. The molecule has 0 aliphatic rings. The maximum atomic E-state index is 11.5. The monoisotopic (exact) mass is 290 g/mol. The molecule has 0 unspecified atom stereocenters. The van der Waals surface area contributed by atoms with Gasteiger partial charge in [-0.3, -0.25) is 4.79 Å². The summed E-state index contributed by atoms with van der Waals surface area (Å²) in [5.41, 5.74) is 0.176. The first-order valence-corrected chi connectivity index (χ1v) is 6.75. The van der Waals surface area contributed by atoms with E-state index in [9.17, 15) is 9.59 Å². The van der Waals surface area contributed by atoms with Gasteiger partial charge in [-0.2, -0.15) is 0 Å². The number of carbonyl (C=O) groups excluding carboxylic acids is 2. The summed E-state index contributed by atoms with van der Waals surface area (Å²) in [6, 6.07) is 0. The molecule has 4 heteroatoms. The van der Waals surface area contributed by atoms with Gasteiger partial charge in [-0.15, -0.1) is 0 Å². The second-order valence-corrected chi connectivity index (χ2v) is 3.95. The van der Waals surface area contributed by atoms with Crippen LogP contribution in [0.4, 0.5) is 0 Å². The predicted molar refractivity (Wildman–Crippen MR) is 67.7 cm³/mol. The average molecular weight is 291 g/mol. The number of rotatable bonds is 8. The minimum Gasteiger partial charge on any atom is -0.462 e. The molecule has 0 aliphatic carbocycles. The zero-order valence-corrected chi connectivity index (χ0v) is 11.5. The van der Waals surface area contributed by atoms with Crippen LogP contribution in [0.15, 0.2) is 11.6 Å². The number of allylic oxidation sites excluding steroid dienone is 1. The van der Waals surface area contributed by atoms with Gasteiger partial charge < -0.3 is 4.74 Å². The van der Waals surface area contributed by atoms with Gasteiger partial charge in [0.25, 0.3) is 0 Å². The molecule has 0 saturated carbocycles. The van der Waals surface area contributed by atoms with Crippen LogP contribution in [0.5, 0.6) is 0 Å². The molecule has 0 fully saturated rings. The summed E-state index contributed by atoms with van der Waals surface area (Å²) >= 11 is 3.06. The molecule has 0 aromatic heterocycles. The lowest BCUT2D eigenvalue weighted by Gasteiger charge is -2.04. The number of hydrogen-bond acceptors (Lipinski definition) is 3. The van der Waals surface area contributed by atoms with E-state index in [1.807, 2.05) is 0 Å². The van der Waals surface area contributed by atoms with Crippen molar-refractivity contribution in [3.05, 3.63) is 11.6 Å². The zero-order valence-electron chi connectivity index (χ0n) is 9.92. The summed E-state index contributed by atoms with van der Waals surface area (Å²) < 4.78 is 4.84.